The molecule has 0 radical (unpaired) electrons. The van der Waals surface area contributed by atoms with E-state index in [1.165, 1.54) is 11.0 Å². The van der Waals surface area contributed by atoms with Crippen molar-refractivity contribution in [2.24, 2.45) is 0 Å². The Morgan fingerprint density at radius 1 is 1.00 bits per heavy atom. The normalized spacial score (nSPS) is 20.8. The van der Waals surface area contributed by atoms with Crippen LogP contribution in [0.2, 0.25) is 0 Å². The number of hydrogen-bond donors (Lipinski definition) is 0. The van der Waals surface area contributed by atoms with E-state index in [2.05, 4.69) is 4.90 Å². The van der Waals surface area contributed by atoms with Crippen LogP contribution in [-0.4, -0.2) is 47.8 Å². The van der Waals surface area contributed by atoms with Crippen molar-refractivity contribution in [1.29, 1.82) is 0 Å². The van der Waals surface area contributed by atoms with E-state index in [-0.39, 0.29) is 17.6 Å². The van der Waals surface area contributed by atoms with Crippen LogP contribution in [0.1, 0.15) is 56.4 Å². The summed E-state index contributed by atoms with van der Waals surface area (Å²) in [4.78, 5) is 27.8. The van der Waals surface area contributed by atoms with Gasteiger partial charge in [0.05, 0.1) is 0 Å². The number of carbonyl (C=O) groups is 2. The molecule has 25 heavy (non-hydrogen) atoms. The van der Waals surface area contributed by atoms with Gasteiger partial charge in [0.2, 0.25) is 11.8 Å². The zero-order chi connectivity index (χ0) is 17.6. The molecule has 5 heteroatoms. The third kappa shape index (κ3) is 4.88. The molecule has 136 valence electrons. The van der Waals surface area contributed by atoms with Crippen molar-refractivity contribution >= 4 is 11.8 Å². The summed E-state index contributed by atoms with van der Waals surface area (Å²) in [6.45, 7) is 3.43. The number of hydrogen-bond acceptors (Lipinski definition) is 3. The van der Waals surface area contributed by atoms with Crippen molar-refractivity contribution in [3.63, 3.8) is 0 Å². The second-order valence-electron chi connectivity index (χ2n) is 7.17. The molecule has 2 fully saturated rings. The molecule has 2 saturated heterocycles. The molecule has 4 nitrogen and oxygen atoms in total. The summed E-state index contributed by atoms with van der Waals surface area (Å²) in [5, 5.41) is 0. The van der Waals surface area contributed by atoms with Gasteiger partial charge >= 0.3 is 0 Å². The number of nitrogens with zero attached hydrogens (tertiary/aromatic N) is 2. The lowest BCUT2D eigenvalue weighted by molar-refractivity contribution is -0.143. The summed E-state index contributed by atoms with van der Waals surface area (Å²) in [5.74, 6) is 0.257. The molecule has 1 aromatic carbocycles. The fourth-order valence-electron chi connectivity index (χ4n) is 3.91. The Labute approximate surface area is 149 Å². The molecule has 2 heterocycles. The van der Waals surface area contributed by atoms with Crippen LogP contribution >= 0.6 is 0 Å². The maximum absolute atomic E-state index is 13.4. The fraction of sp³-hybridized carbons (Fsp3) is 0.600. The van der Waals surface area contributed by atoms with E-state index in [0.29, 0.717) is 25.3 Å². The first-order chi connectivity index (χ1) is 12.1. The van der Waals surface area contributed by atoms with Crippen molar-refractivity contribution in [3.05, 3.63) is 35.6 Å². The van der Waals surface area contributed by atoms with Crippen molar-refractivity contribution in [1.82, 2.24) is 9.80 Å². The van der Waals surface area contributed by atoms with Crippen LogP contribution < -0.4 is 0 Å². The van der Waals surface area contributed by atoms with Gasteiger partial charge in [-0.2, -0.15) is 0 Å². The molecular formula is C20H27FN2O2. The van der Waals surface area contributed by atoms with Crippen molar-refractivity contribution in [2.75, 3.05) is 26.2 Å². The lowest BCUT2D eigenvalue weighted by Crippen LogP contribution is -2.39. The van der Waals surface area contributed by atoms with Crippen LogP contribution in [0.4, 0.5) is 4.39 Å². The number of halogens is 1. The quantitative estimate of drug-likeness (QED) is 0.768. The third-order valence-electron chi connectivity index (χ3n) is 5.40. The van der Waals surface area contributed by atoms with Crippen LogP contribution in [0, 0.1) is 5.82 Å². The Kier molecular flexibility index (Phi) is 6.19. The smallest absolute Gasteiger partial charge is 0.229 e. The minimum Gasteiger partial charge on any atom is -0.303 e. The largest absolute Gasteiger partial charge is 0.303 e. The predicted molar refractivity (Wildman–Crippen MR) is 94.6 cm³/mol. The lowest BCUT2D eigenvalue weighted by atomic mass is 9.89. The number of likely N-dealkylation sites (tertiary alicyclic amines) is 2. The van der Waals surface area contributed by atoms with Crippen LogP contribution in [0.5, 0.6) is 0 Å². The number of benzene rings is 1. The highest BCUT2D eigenvalue weighted by Crippen LogP contribution is 2.28. The average Bonchev–Trinajstić information content (AvgIpc) is 2.77. The minimum absolute atomic E-state index is 0.00712. The van der Waals surface area contributed by atoms with Gasteiger partial charge in [0.1, 0.15) is 5.82 Å². The molecule has 0 atom stereocenters. The summed E-state index contributed by atoms with van der Waals surface area (Å²) >= 11 is 0. The van der Waals surface area contributed by atoms with Gasteiger partial charge in [-0.3, -0.25) is 14.5 Å². The summed E-state index contributed by atoms with van der Waals surface area (Å²) in [6.07, 6.45) is 5.57. The fourth-order valence-corrected chi connectivity index (χ4v) is 3.91. The summed E-state index contributed by atoms with van der Waals surface area (Å²) < 4.78 is 13.4. The number of carbonyl (C=O) groups excluding carboxylic acids is 2. The monoisotopic (exact) mass is 346 g/mol. The minimum atomic E-state index is -0.160. The molecule has 0 N–H and O–H groups in total. The Balaban J connectivity index is 1.42. The lowest BCUT2D eigenvalue weighted by Gasteiger charge is -2.32. The van der Waals surface area contributed by atoms with Gasteiger partial charge in [-0.1, -0.05) is 12.1 Å². The van der Waals surface area contributed by atoms with E-state index in [4.69, 9.17) is 0 Å². The molecule has 0 aliphatic carbocycles. The first-order valence-corrected chi connectivity index (χ1v) is 9.44. The molecule has 2 amide bonds. The van der Waals surface area contributed by atoms with Crippen molar-refractivity contribution in [3.8, 4) is 0 Å². The maximum atomic E-state index is 13.4. The van der Waals surface area contributed by atoms with E-state index in [0.717, 1.165) is 57.3 Å². The Hall–Kier alpha value is -1.75. The molecule has 1 aromatic rings. The summed E-state index contributed by atoms with van der Waals surface area (Å²) in [7, 11) is 0. The molecule has 2 aliphatic rings. The Morgan fingerprint density at radius 3 is 2.32 bits per heavy atom. The molecule has 2 aliphatic heterocycles. The number of amides is 2. The van der Waals surface area contributed by atoms with E-state index >= 15 is 0 Å². The van der Waals surface area contributed by atoms with Gasteiger partial charge < -0.3 is 4.90 Å². The van der Waals surface area contributed by atoms with Gasteiger partial charge in [0, 0.05) is 19.4 Å². The number of rotatable bonds is 5. The Bertz CT molecular complexity index is 593. The van der Waals surface area contributed by atoms with Gasteiger partial charge in [-0.05, 0) is 75.4 Å². The standard InChI is InChI=1S/C20H27FN2O2/c21-18-6-3-5-17(15-18)16-9-13-22(14-10-16)11-4-12-23-19(24)7-1-2-8-20(23)25/h3,5-6,15-16H,1-2,4,7-14H2. The van der Waals surface area contributed by atoms with Gasteiger partial charge in [-0.15, -0.1) is 0 Å². The highest BCUT2D eigenvalue weighted by Gasteiger charge is 2.24. The van der Waals surface area contributed by atoms with Gasteiger partial charge in [-0.25, -0.2) is 4.39 Å². The zero-order valence-corrected chi connectivity index (χ0v) is 14.8. The SMILES string of the molecule is O=C1CCCCC(=O)N1CCCN1CCC(c2cccc(F)c2)CC1. The second kappa shape index (κ2) is 8.56. The molecular weight excluding hydrogens is 319 g/mol. The topological polar surface area (TPSA) is 40.6 Å². The van der Waals surface area contributed by atoms with Crippen molar-refractivity contribution in [2.45, 2.75) is 50.9 Å². The number of piperidine rings is 1. The van der Waals surface area contributed by atoms with E-state index in [1.54, 1.807) is 12.1 Å². The van der Waals surface area contributed by atoms with Crippen LogP contribution in [0.15, 0.2) is 24.3 Å². The maximum Gasteiger partial charge on any atom is 0.229 e. The van der Waals surface area contributed by atoms with Gasteiger partial charge in [0.15, 0.2) is 0 Å². The zero-order valence-electron chi connectivity index (χ0n) is 14.8. The summed E-state index contributed by atoms with van der Waals surface area (Å²) in [6, 6.07) is 6.94. The molecule has 0 saturated carbocycles. The van der Waals surface area contributed by atoms with E-state index < -0.39 is 0 Å². The average molecular weight is 346 g/mol. The predicted octanol–water partition coefficient (Wildman–Crippen LogP) is 3.32. The second-order valence-corrected chi connectivity index (χ2v) is 7.17. The van der Waals surface area contributed by atoms with Crippen LogP contribution in [0.25, 0.3) is 0 Å². The first kappa shape index (κ1) is 18.1. The molecule has 0 bridgehead atoms. The first-order valence-electron chi connectivity index (χ1n) is 9.44. The molecule has 3 rings (SSSR count). The summed E-state index contributed by atoms with van der Waals surface area (Å²) in [5.41, 5.74) is 1.10. The van der Waals surface area contributed by atoms with Crippen LogP contribution in [0.3, 0.4) is 0 Å². The van der Waals surface area contributed by atoms with E-state index in [9.17, 15) is 14.0 Å². The molecule has 0 unspecified atom stereocenters. The Morgan fingerprint density at radius 2 is 1.68 bits per heavy atom. The van der Waals surface area contributed by atoms with E-state index in [1.807, 2.05) is 6.07 Å². The molecule has 0 spiro atoms. The highest BCUT2D eigenvalue weighted by molar-refractivity contribution is 5.95. The molecule has 0 aromatic heterocycles. The van der Waals surface area contributed by atoms with Gasteiger partial charge in [0.25, 0.3) is 0 Å². The van der Waals surface area contributed by atoms with Crippen LogP contribution in [-0.2, 0) is 9.59 Å². The highest BCUT2D eigenvalue weighted by atomic mass is 19.1. The third-order valence-corrected chi connectivity index (χ3v) is 5.40. The number of imide groups is 1. The van der Waals surface area contributed by atoms with Crippen molar-refractivity contribution < 1.29 is 14.0 Å².